The van der Waals surface area contributed by atoms with Crippen molar-refractivity contribution in [3.63, 3.8) is 0 Å². The Labute approximate surface area is 278 Å². The summed E-state index contributed by atoms with van der Waals surface area (Å²) in [6, 6.07) is 23.8. The summed E-state index contributed by atoms with van der Waals surface area (Å²) in [4.78, 5) is 56.9. The molecule has 5 aromatic rings. The van der Waals surface area contributed by atoms with E-state index in [1.54, 1.807) is 106 Å². The van der Waals surface area contributed by atoms with Crippen molar-refractivity contribution in [2.45, 2.75) is 20.0 Å². The largest absolute Gasteiger partial charge is 0.496 e. The molecule has 1 aromatic heterocycles. The number of methoxy groups -OCH3 is 1. The number of aromatic amines is 1. The molecule has 1 N–H and O–H groups in total. The van der Waals surface area contributed by atoms with Crippen LogP contribution in [0, 0.1) is 13.8 Å². The zero-order chi connectivity index (χ0) is 33.8. The highest BCUT2D eigenvalue weighted by Gasteiger charge is 2.29. The van der Waals surface area contributed by atoms with Crippen LogP contribution in [0.1, 0.15) is 43.6 Å². The molecule has 0 spiro atoms. The number of Topliss-reactive ketones (excluding diaryl/α,β-unsaturated/α-hetero) is 1. The van der Waals surface area contributed by atoms with Crippen LogP contribution in [0.25, 0.3) is 5.69 Å². The molecule has 4 aromatic carbocycles. The van der Waals surface area contributed by atoms with Gasteiger partial charge >= 0.3 is 11.7 Å². The van der Waals surface area contributed by atoms with Gasteiger partial charge in [0.2, 0.25) is 11.5 Å². The molecule has 0 bridgehead atoms. The quantitative estimate of drug-likeness (QED) is 0.139. The van der Waals surface area contributed by atoms with Crippen molar-refractivity contribution in [3.8, 4) is 22.9 Å². The Bertz CT molecular complexity index is 2050. The molecule has 0 amide bonds. The summed E-state index contributed by atoms with van der Waals surface area (Å²) in [5, 5.41) is 4.09. The smallest absolute Gasteiger partial charge is 0.365 e. The molecule has 0 radical (unpaired) electrons. The lowest BCUT2D eigenvalue weighted by Crippen LogP contribution is -2.37. The number of carbonyl (C=O) groups excluding carboxylic acids is 2. The van der Waals surface area contributed by atoms with Crippen LogP contribution in [0.5, 0.6) is 17.2 Å². The standard InChI is InChI=1S/C35H31BrN4O7/c1-20-17-25(18-21(2)31(20)46-26-15-16-28(45-5)27(36)19-26)40-35(44)37-33(42)29(38-40)34(43)47-32(23-9-7-6-8-10-23)30(41)22-11-13-24(14-12-22)39(3)4/h6-19,32H,1-5H3,(H,37,42,44). The number of nitrogens with zero attached hydrogens (tertiary/aromatic N) is 3. The van der Waals surface area contributed by atoms with E-state index in [0.717, 1.165) is 10.4 Å². The normalized spacial score (nSPS) is 11.4. The van der Waals surface area contributed by atoms with Crippen molar-refractivity contribution in [1.29, 1.82) is 0 Å². The van der Waals surface area contributed by atoms with Crippen LogP contribution in [0.4, 0.5) is 5.69 Å². The van der Waals surface area contributed by atoms with Crippen LogP contribution in [0.2, 0.25) is 0 Å². The molecule has 0 aliphatic carbocycles. The average molecular weight is 700 g/mol. The van der Waals surface area contributed by atoms with Crippen LogP contribution < -0.4 is 25.6 Å². The Morgan fingerprint density at radius 1 is 0.915 bits per heavy atom. The van der Waals surface area contributed by atoms with Crippen molar-refractivity contribution in [2.24, 2.45) is 0 Å². The number of ether oxygens (including phenoxy) is 3. The lowest BCUT2D eigenvalue weighted by Gasteiger charge is -2.18. The molecule has 1 atom stereocenters. The number of hydrogen-bond donors (Lipinski definition) is 1. The van der Waals surface area contributed by atoms with E-state index in [0.29, 0.717) is 44.0 Å². The maximum absolute atomic E-state index is 13.6. The Kier molecular flexibility index (Phi) is 9.71. The predicted molar refractivity (Wildman–Crippen MR) is 180 cm³/mol. The van der Waals surface area contributed by atoms with Crippen molar-refractivity contribution in [3.05, 3.63) is 138 Å². The summed E-state index contributed by atoms with van der Waals surface area (Å²) in [6.07, 6.45) is -1.38. The second kappa shape index (κ2) is 13.9. The highest BCUT2D eigenvalue weighted by atomic mass is 79.9. The van der Waals surface area contributed by atoms with Crippen LogP contribution in [0.3, 0.4) is 0 Å². The van der Waals surface area contributed by atoms with E-state index in [4.69, 9.17) is 14.2 Å². The molecule has 0 aliphatic rings. The Balaban J connectivity index is 1.46. The van der Waals surface area contributed by atoms with Gasteiger partial charge in [-0.25, -0.2) is 9.59 Å². The molecule has 0 aliphatic heterocycles. The van der Waals surface area contributed by atoms with Gasteiger partial charge in [-0.05, 0) is 95.5 Å². The highest BCUT2D eigenvalue weighted by molar-refractivity contribution is 9.10. The number of ketones is 1. The number of hydrogen-bond acceptors (Lipinski definition) is 9. The number of benzene rings is 4. The van der Waals surface area contributed by atoms with Crippen molar-refractivity contribution in [2.75, 3.05) is 26.1 Å². The molecule has 0 saturated heterocycles. The van der Waals surface area contributed by atoms with Crippen molar-refractivity contribution in [1.82, 2.24) is 14.8 Å². The SMILES string of the molecule is COc1ccc(Oc2c(C)cc(-n3nc(C(=O)OC(C(=O)c4ccc(N(C)C)cc4)c4ccccc4)c(=O)[nH]c3=O)cc2C)cc1Br. The van der Waals surface area contributed by atoms with E-state index >= 15 is 0 Å². The fourth-order valence-corrected chi connectivity index (χ4v) is 5.41. The molecule has 0 saturated carbocycles. The third-order valence-electron chi connectivity index (χ3n) is 7.29. The van der Waals surface area contributed by atoms with Crippen LogP contribution in [0.15, 0.2) is 99.0 Å². The number of halogens is 1. The minimum Gasteiger partial charge on any atom is -0.496 e. The first-order chi connectivity index (χ1) is 22.5. The van der Waals surface area contributed by atoms with Gasteiger partial charge in [-0.2, -0.15) is 9.78 Å². The minimum absolute atomic E-state index is 0.273. The minimum atomic E-state index is -1.38. The van der Waals surface area contributed by atoms with Crippen LogP contribution in [-0.2, 0) is 4.74 Å². The highest BCUT2D eigenvalue weighted by Crippen LogP contribution is 2.35. The second-order valence-corrected chi connectivity index (χ2v) is 11.7. The number of rotatable bonds is 10. The Morgan fingerprint density at radius 2 is 1.57 bits per heavy atom. The third kappa shape index (κ3) is 7.17. The van der Waals surface area contributed by atoms with Gasteiger partial charge in [0, 0.05) is 30.9 Å². The zero-order valence-corrected chi connectivity index (χ0v) is 27.8. The van der Waals surface area contributed by atoms with E-state index in [-0.39, 0.29) is 5.69 Å². The summed E-state index contributed by atoms with van der Waals surface area (Å²) < 4.78 is 18.7. The van der Waals surface area contributed by atoms with Gasteiger partial charge in [-0.15, -0.1) is 0 Å². The molecule has 47 heavy (non-hydrogen) atoms. The van der Waals surface area contributed by atoms with Gasteiger partial charge in [-0.3, -0.25) is 14.6 Å². The zero-order valence-electron chi connectivity index (χ0n) is 26.2. The topological polar surface area (TPSA) is 133 Å². The van der Waals surface area contributed by atoms with Gasteiger partial charge in [0.25, 0.3) is 5.56 Å². The molecule has 11 nitrogen and oxygen atoms in total. The maximum Gasteiger partial charge on any atom is 0.365 e. The summed E-state index contributed by atoms with van der Waals surface area (Å²) in [5.74, 6) is 0.0796. The first-order valence-corrected chi connectivity index (χ1v) is 15.2. The first-order valence-electron chi connectivity index (χ1n) is 14.4. The molecule has 240 valence electrons. The molecule has 5 rings (SSSR count). The second-order valence-electron chi connectivity index (χ2n) is 10.8. The number of anilines is 1. The molecule has 12 heteroatoms. The van der Waals surface area contributed by atoms with Gasteiger partial charge in [0.05, 0.1) is 17.3 Å². The first kappa shape index (κ1) is 32.9. The molecular formula is C35H31BrN4O7. The maximum atomic E-state index is 13.6. The molecular weight excluding hydrogens is 668 g/mol. The Morgan fingerprint density at radius 3 is 2.17 bits per heavy atom. The van der Waals surface area contributed by atoms with E-state index in [1.807, 2.05) is 19.0 Å². The van der Waals surface area contributed by atoms with E-state index in [1.165, 1.54) is 0 Å². The van der Waals surface area contributed by atoms with Gasteiger partial charge in [0.1, 0.15) is 17.2 Å². The third-order valence-corrected chi connectivity index (χ3v) is 7.91. The van der Waals surface area contributed by atoms with Crippen LogP contribution >= 0.6 is 15.9 Å². The number of esters is 1. The van der Waals surface area contributed by atoms with Crippen LogP contribution in [-0.4, -0.2) is 47.7 Å². The lowest BCUT2D eigenvalue weighted by atomic mass is 9.99. The van der Waals surface area contributed by atoms with Crippen molar-refractivity contribution >= 4 is 33.4 Å². The lowest BCUT2D eigenvalue weighted by molar-refractivity contribution is 0.0270. The summed E-state index contributed by atoms with van der Waals surface area (Å²) in [7, 11) is 5.32. The summed E-state index contributed by atoms with van der Waals surface area (Å²) >= 11 is 3.45. The van der Waals surface area contributed by atoms with Gasteiger partial charge < -0.3 is 19.1 Å². The number of H-pyrrole nitrogens is 1. The Hall–Kier alpha value is -5.49. The fourth-order valence-electron chi connectivity index (χ4n) is 4.89. The number of aryl methyl sites for hydroxylation is 2. The van der Waals surface area contributed by atoms with Gasteiger partial charge in [-0.1, -0.05) is 30.3 Å². The number of nitrogens with one attached hydrogen (secondary N) is 1. The van der Waals surface area contributed by atoms with Gasteiger partial charge in [0.15, 0.2) is 6.10 Å². The molecule has 1 heterocycles. The van der Waals surface area contributed by atoms with Crippen molar-refractivity contribution < 1.29 is 23.8 Å². The fraction of sp³-hybridized carbons (Fsp3) is 0.171. The summed E-state index contributed by atoms with van der Waals surface area (Å²) in [5.41, 5.74) is 0.565. The monoisotopic (exact) mass is 698 g/mol. The average Bonchev–Trinajstić information content (AvgIpc) is 3.05. The number of carbonyl (C=O) groups is 2. The number of aromatic nitrogens is 3. The van der Waals surface area contributed by atoms with E-state index in [9.17, 15) is 19.2 Å². The molecule has 0 fully saturated rings. The molecule has 1 unspecified atom stereocenters. The predicted octanol–water partition coefficient (Wildman–Crippen LogP) is 5.95. The summed E-state index contributed by atoms with van der Waals surface area (Å²) in [6.45, 7) is 3.58. The van der Waals surface area contributed by atoms with E-state index in [2.05, 4.69) is 26.0 Å². The van der Waals surface area contributed by atoms with E-state index < -0.39 is 34.8 Å².